The lowest BCUT2D eigenvalue weighted by Crippen LogP contribution is -2.14. The number of fused-ring (bicyclic) bond motifs is 1. The first-order chi connectivity index (χ1) is 13.6. The molecule has 4 aromatic rings. The zero-order valence-corrected chi connectivity index (χ0v) is 16.3. The third kappa shape index (κ3) is 3.64. The van der Waals surface area contributed by atoms with Gasteiger partial charge in [-0.2, -0.15) is 0 Å². The highest BCUT2D eigenvalue weighted by atomic mass is 35.5. The minimum atomic E-state index is -0.208. The molecule has 0 saturated heterocycles. The first kappa shape index (κ1) is 18.3. The first-order valence-electron chi connectivity index (χ1n) is 9.17. The van der Waals surface area contributed by atoms with Crippen molar-refractivity contribution in [1.82, 2.24) is 9.55 Å². The lowest BCUT2D eigenvalue weighted by Gasteiger charge is -2.12. The summed E-state index contributed by atoms with van der Waals surface area (Å²) in [6.45, 7) is 0. The number of hydrogen-bond acceptors (Lipinski definition) is 2. The number of aromatic nitrogens is 2. The summed E-state index contributed by atoms with van der Waals surface area (Å²) in [5.74, 6) is 0.814. The van der Waals surface area contributed by atoms with E-state index in [-0.39, 0.29) is 5.91 Å². The highest BCUT2D eigenvalue weighted by Crippen LogP contribution is 2.22. The fourth-order valence-electron chi connectivity index (χ4n) is 3.36. The van der Waals surface area contributed by atoms with Crippen LogP contribution in [0.1, 0.15) is 21.7 Å². The average molecular weight is 390 g/mol. The first-order valence-corrected chi connectivity index (χ1v) is 9.55. The molecule has 0 fully saturated rings. The number of aryl methyl sites for hydroxylation is 3. The number of para-hydroxylation sites is 3. The van der Waals surface area contributed by atoms with Crippen molar-refractivity contribution < 1.29 is 4.79 Å². The van der Waals surface area contributed by atoms with Crippen LogP contribution in [-0.2, 0) is 19.9 Å². The molecule has 0 spiro atoms. The summed E-state index contributed by atoms with van der Waals surface area (Å²) in [4.78, 5) is 17.4. The van der Waals surface area contributed by atoms with E-state index in [1.807, 2.05) is 55.6 Å². The molecule has 4 rings (SSSR count). The van der Waals surface area contributed by atoms with Gasteiger partial charge < -0.3 is 9.88 Å². The van der Waals surface area contributed by atoms with Crippen LogP contribution in [0.3, 0.4) is 0 Å². The number of rotatable bonds is 5. The topological polar surface area (TPSA) is 46.9 Å². The van der Waals surface area contributed by atoms with Gasteiger partial charge in [-0.05, 0) is 42.3 Å². The smallest absolute Gasteiger partial charge is 0.257 e. The Labute approximate surface area is 168 Å². The predicted molar refractivity (Wildman–Crippen MR) is 114 cm³/mol. The molecule has 0 unspecified atom stereocenters. The lowest BCUT2D eigenvalue weighted by atomic mass is 10.1. The van der Waals surface area contributed by atoms with Crippen LogP contribution in [0.15, 0.2) is 72.8 Å². The van der Waals surface area contributed by atoms with E-state index >= 15 is 0 Å². The van der Waals surface area contributed by atoms with E-state index in [0.29, 0.717) is 10.6 Å². The number of hydrogen-bond donors (Lipinski definition) is 1. The summed E-state index contributed by atoms with van der Waals surface area (Å²) in [6, 6.07) is 23.0. The van der Waals surface area contributed by atoms with Crippen LogP contribution in [-0.4, -0.2) is 15.5 Å². The molecule has 4 nitrogen and oxygen atoms in total. The van der Waals surface area contributed by atoms with Crippen LogP contribution in [0.25, 0.3) is 11.0 Å². The fraction of sp³-hybridized carbons (Fsp3) is 0.130. The standard InChI is InChI=1S/C23H20ClN3O/c1-27-21-13-7-6-12-20(21)25-22(27)15-14-16-8-2-5-11-19(16)26-23(28)17-9-3-4-10-18(17)24/h2-13H,14-15H2,1H3,(H,26,28). The van der Waals surface area contributed by atoms with Crippen LogP contribution < -0.4 is 5.32 Å². The number of anilines is 1. The molecule has 0 atom stereocenters. The van der Waals surface area contributed by atoms with Crippen molar-refractivity contribution in [2.24, 2.45) is 7.05 Å². The summed E-state index contributed by atoms with van der Waals surface area (Å²) in [7, 11) is 2.04. The van der Waals surface area contributed by atoms with Gasteiger partial charge in [0.15, 0.2) is 0 Å². The Morgan fingerprint density at radius 1 is 0.964 bits per heavy atom. The molecule has 5 heteroatoms. The van der Waals surface area contributed by atoms with Crippen molar-refractivity contribution in [3.05, 3.63) is 94.8 Å². The second-order valence-electron chi connectivity index (χ2n) is 6.67. The highest BCUT2D eigenvalue weighted by molar-refractivity contribution is 6.34. The molecule has 0 aliphatic carbocycles. The van der Waals surface area contributed by atoms with E-state index in [2.05, 4.69) is 16.0 Å². The van der Waals surface area contributed by atoms with Crippen molar-refractivity contribution >= 4 is 34.2 Å². The SMILES string of the molecule is Cn1c(CCc2ccccc2NC(=O)c2ccccc2Cl)nc2ccccc21. The Hall–Kier alpha value is -3.11. The van der Waals surface area contributed by atoms with Crippen molar-refractivity contribution in [3.8, 4) is 0 Å². The van der Waals surface area contributed by atoms with Gasteiger partial charge in [0.2, 0.25) is 0 Å². The molecular formula is C23H20ClN3O. The van der Waals surface area contributed by atoms with E-state index in [4.69, 9.17) is 16.6 Å². The molecule has 1 aromatic heterocycles. The Bertz CT molecular complexity index is 1150. The van der Waals surface area contributed by atoms with E-state index in [1.165, 1.54) is 0 Å². The van der Waals surface area contributed by atoms with Gasteiger partial charge in [-0.3, -0.25) is 4.79 Å². The van der Waals surface area contributed by atoms with E-state index in [1.54, 1.807) is 18.2 Å². The molecule has 0 bridgehead atoms. The highest BCUT2D eigenvalue weighted by Gasteiger charge is 2.13. The van der Waals surface area contributed by atoms with Gasteiger partial charge in [-0.15, -0.1) is 0 Å². The summed E-state index contributed by atoms with van der Waals surface area (Å²) in [5.41, 5.74) is 4.45. The van der Waals surface area contributed by atoms with Gasteiger partial charge >= 0.3 is 0 Å². The molecule has 3 aromatic carbocycles. The number of nitrogens with zero attached hydrogens (tertiary/aromatic N) is 2. The Morgan fingerprint density at radius 3 is 2.50 bits per heavy atom. The quantitative estimate of drug-likeness (QED) is 0.505. The molecule has 0 aliphatic heterocycles. The summed E-state index contributed by atoms with van der Waals surface area (Å²) in [5, 5.41) is 3.44. The second kappa shape index (κ2) is 7.87. The monoisotopic (exact) mass is 389 g/mol. The maximum atomic E-state index is 12.6. The molecule has 0 aliphatic rings. The van der Waals surface area contributed by atoms with Crippen LogP contribution in [0.5, 0.6) is 0 Å². The number of amides is 1. The minimum absolute atomic E-state index is 0.208. The van der Waals surface area contributed by atoms with Crippen LogP contribution in [0.4, 0.5) is 5.69 Å². The Morgan fingerprint density at radius 2 is 1.68 bits per heavy atom. The van der Waals surface area contributed by atoms with Gasteiger partial charge in [-0.1, -0.05) is 54.1 Å². The third-order valence-corrected chi connectivity index (χ3v) is 5.21. The molecule has 1 N–H and O–H groups in total. The van der Waals surface area contributed by atoms with E-state index < -0.39 is 0 Å². The second-order valence-corrected chi connectivity index (χ2v) is 7.07. The zero-order chi connectivity index (χ0) is 19.5. The van der Waals surface area contributed by atoms with Gasteiger partial charge in [0.05, 0.1) is 21.6 Å². The molecule has 0 radical (unpaired) electrons. The molecule has 140 valence electrons. The minimum Gasteiger partial charge on any atom is -0.331 e. The van der Waals surface area contributed by atoms with Gasteiger partial charge in [-0.25, -0.2) is 4.98 Å². The number of carbonyl (C=O) groups is 1. The fourth-order valence-corrected chi connectivity index (χ4v) is 3.58. The Kier molecular flexibility index (Phi) is 5.13. The van der Waals surface area contributed by atoms with Crippen molar-refractivity contribution in [2.45, 2.75) is 12.8 Å². The van der Waals surface area contributed by atoms with Crippen molar-refractivity contribution in [2.75, 3.05) is 5.32 Å². The molecule has 0 saturated carbocycles. The largest absolute Gasteiger partial charge is 0.331 e. The third-order valence-electron chi connectivity index (χ3n) is 4.88. The number of carbonyl (C=O) groups excluding carboxylic acids is 1. The summed E-state index contributed by atoms with van der Waals surface area (Å²) in [6.07, 6.45) is 1.56. The number of halogens is 1. The number of benzene rings is 3. The molecular weight excluding hydrogens is 370 g/mol. The van der Waals surface area contributed by atoms with Crippen molar-refractivity contribution in [1.29, 1.82) is 0 Å². The average Bonchev–Trinajstić information content (AvgIpc) is 3.03. The normalized spacial score (nSPS) is 10.9. The number of imidazole rings is 1. The maximum Gasteiger partial charge on any atom is 0.257 e. The van der Waals surface area contributed by atoms with Crippen LogP contribution in [0, 0.1) is 0 Å². The summed E-state index contributed by atoms with van der Waals surface area (Å²) >= 11 is 6.15. The van der Waals surface area contributed by atoms with Gasteiger partial charge in [0.25, 0.3) is 5.91 Å². The van der Waals surface area contributed by atoms with Crippen LogP contribution >= 0.6 is 11.6 Å². The van der Waals surface area contributed by atoms with E-state index in [9.17, 15) is 4.79 Å². The molecule has 1 heterocycles. The zero-order valence-electron chi connectivity index (χ0n) is 15.5. The lowest BCUT2D eigenvalue weighted by molar-refractivity contribution is 0.102. The summed E-state index contributed by atoms with van der Waals surface area (Å²) < 4.78 is 2.13. The van der Waals surface area contributed by atoms with Gasteiger partial charge in [0.1, 0.15) is 5.82 Å². The molecule has 1 amide bonds. The molecule has 28 heavy (non-hydrogen) atoms. The van der Waals surface area contributed by atoms with Crippen LogP contribution in [0.2, 0.25) is 5.02 Å². The predicted octanol–water partition coefficient (Wildman–Crippen LogP) is 5.26. The van der Waals surface area contributed by atoms with Crippen molar-refractivity contribution in [3.63, 3.8) is 0 Å². The number of nitrogens with one attached hydrogen (secondary N) is 1. The van der Waals surface area contributed by atoms with Gasteiger partial charge in [0, 0.05) is 19.2 Å². The van der Waals surface area contributed by atoms with E-state index in [0.717, 1.165) is 41.0 Å². The maximum absolute atomic E-state index is 12.6. The Balaban J connectivity index is 1.54.